The summed E-state index contributed by atoms with van der Waals surface area (Å²) in [4.78, 5) is 33.9. The van der Waals surface area contributed by atoms with Crippen LogP contribution in [0.15, 0.2) is 12.1 Å². The zero-order valence-electron chi connectivity index (χ0n) is 16.6. The number of methoxy groups -OCH3 is 2. The van der Waals surface area contributed by atoms with Crippen LogP contribution in [0.5, 0.6) is 5.75 Å². The molecule has 0 saturated carbocycles. The molecule has 0 aliphatic carbocycles. The van der Waals surface area contributed by atoms with Crippen molar-refractivity contribution < 1.29 is 33.5 Å². The van der Waals surface area contributed by atoms with Gasteiger partial charge in [0.15, 0.2) is 0 Å². The maximum absolute atomic E-state index is 11.6. The fraction of sp³-hybridized carbons (Fsp3) is 0.556. The van der Waals surface area contributed by atoms with E-state index in [0.29, 0.717) is 11.1 Å². The van der Waals surface area contributed by atoms with E-state index < -0.39 is 28.1 Å². The highest BCUT2D eigenvalue weighted by Gasteiger charge is 2.34. The van der Waals surface area contributed by atoms with Gasteiger partial charge in [-0.1, -0.05) is 34.6 Å². The van der Waals surface area contributed by atoms with E-state index in [9.17, 15) is 19.7 Å². The van der Waals surface area contributed by atoms with Crippen molar-refractivity contribution in [3.05, 3.63) is 33.4 Å². The summed E-state index contributed by atoms with van der Waals surface area (Å²) in [7, 11) is 2.32. The maximum Gasteiger partial charge on any atom is 0.513 e. The Bertz CT molecular complexity index is 734. The first-order chi connectivity index (χ1) is 12.3. The van der Waals surface area contributed by atoms with Crippen LogP contribution in [0.2, 0.25) is 0 Å². The van der Waals surface area contributed by atoms with Gasteiger partial charge in [-0.05, 0) is 11.5 Å². The van der Waals surface area contributed by atoms with Crippen molar-refractivity contribution in [2.75, 3.05) is 20.8 Å². The van der Waals surface area contributed by atoms with Crippen LogP contribution >= 0.6 is 0 Å². The van der Waals surface area contributed by atoms with Gasteiger partial charge in [0, 0.05) is 16.5 Å². The predicted octanol–water partition coefficient (Wildman–Crippen LogP) is 4.10. The van der Waals surface area contributed by atoms with Crippen LogP contribution in [0.3, 0.4) is 0 Å². The molecule has 0 amide bonds. The molecule has 0 saturated heterocycles. The standard InChI is InChI=1S/C18H25NO8/c1-17(2,3)11-8-12(18(4,5)10-26-15(20)24-6)14(27-16(21)25-7)9-13(11)19(22)23/h8-9H,10H2,1-7H3. The first-order valence-electron chi connectivity index (χ1n) is 8.13. The fourth-order valence-corrected chi connectivity index (χ4v) is 2.44. The lowest BCUT2D eigenvalue weighted by atomic mass is 9.78. The van der Waals surface area contributed by atoms with Crippen LogP contribution in [-0.2, 0) is 25.0 Å². The van der Waals surface area contributed by atoms with E-state index in [0.717, 1.165) is 7.11 Å². The molecular formula is C18H25NO8. The first kappa shape index (κ1) is 22.2. The van der Waals surface area contributed by atoms with Gasteiger partial charge in [0.1, 0.15) is 12.4 Å². The number of hydrogen-bond acceptors (Lipinski definition) is 8. The minimum Gasteiger partial charge on any atom is -0.438 e. The number of hydrogen-bond donors (Lipinski definition) is 0. The van der Waals surface area contributed by atoms with Gasteiger partial charge in [-0.15, -0.1) is 0 Å². The molecule has 150 valence electrons. The molecule has 0 aliphatic heterocycles. The second-order valence-electron chi connectivity index (χ2n) is 7.56. The van der Waals surface area contributed by atoms with Crippen molar-refractivity contribution in [2.24, 2.45) is 0 Å². The zero-order chi connectivity index (χ0) is 21.0. The van der Waals surface area contributed by atoms with Gasteiger partial charge in [0.25, 0.3) is 5.69 Å². The molecule has 0 unspecified atom stereocenters. The van der Waals surface area contributed by atoms with Crippen LogP contribution < -0.4 is 4.74 Å². The van der Waals surface area contributed by atoms with Crippen LogP contribution in [-0.4, -0.2) is 38.1 Å². The Labute approximate surface area is 157 Å². The average molecular weight is 383 g/mol. The van der Waals surface area contributed by atoms with E-state index in [2.05, 4.69) is 9.47 Å². The number of benzene rings is 1. The van der Waals surface area contributed by atoms with Gasteiger partial charge in [-0.2, -0.15) is 0 Å². The quantitative estimate of drug-likeness (QED) is 0.323. The summed E-state index contributed by atoms with van der Waals surface area (Å²) >= 11 is 0. The highest BCUT2D eigenvalue weighted by molar-refractivity contribution is 5.67. The molecule has 1 aromatic carbocycles. The highest BCUT2D eigenvalue weighted by atomic mass is 16.7. The SMILES string of the molecule is COC(=O)OCC(C)(C)c1cc(C(C)(C)C)c([N+](=O)[O-])cc1OC(=O)OC. The van der Waals surface area contributed by atoms with E-state index in [1.54, 1.807) is 19.9 Å². The Balaban J connectivity index is 3.59. The molecule has 0 aliphatic rings. The van der Waals surface area contributed by atoms with Crippen molar-refractivity contribution in [1.29, 1.82) is 0 Å². The third-order valence-electron chi connectivity index (χ3n) is 3.91. The highest BCUT2D eigenvalue weighted by Crippen LogP contribution is 2.41. The number of ether oxygens (including phenoxy) is 4. The summed E-state index contributed by atoms with van der Waals surface area (Å²) in [5, 5.41) is 11.5. The Morgan fingerprint density at radius 1 is 1.00 bits per heavy atom. The second-order valence-corrected chi connectivity index (χ2v) is 7.56. The number of nitrogens with zero attached hydrogens (tertiary/aromatic N) is 1. The summed E-state index contributed by atoms with van der Waals surface area (Å²) < 4.78 is 19.1. The molecule has 0 spiro atoms. The molecule has 9 heteroatoms. The Morgan fingerprint density at radius 2 is 1.56 bits per heavy atom. The average Bonchev–Trinajstić information content (AvgIpc) is 2.57. The molecule has 0 atom stereocenters. The van der Waals surface area contributed by atoms with E-state index in [4.69, 9.17) is 9.47 Å². The van der Waals surface area contributed by atoms with Crippen molar-refractivity contribution in [1.82, 2.24) is 0 Å². The third-order valence-corrected chi connectivity index (χ3v) is 3.91. The number of rotatable bonds is 5. The van der Waals surface area contributed by atoms with Gasteiger partial charge in [-0.25, -0.2) is 9.59 Å². The molecule has 0 fully saturated rings. The summed E-state index contributed by atoms with van der Waals surface area (Å²) in [5.74, 6) is -0.0417. The van der Waals surface area contributed by atoms with Gasteiger partial charge in [-0.3, -0.25) is 10.1 Å². The molecule has 1 rings (SSSR count). The van der Waals surface area contributed by atoms with Crippen molar-refractivity contribution in [3.8, 4) is 5.75 Å². The largest absolute Gasteiger partial charge is 0.513 e. The van der Waals surface area contributed by atoms with E-state index in [1.165, 1.54) is 13.2 Å². The molecule has 1 aromatic rings. The smallest absolute Gasteiger partial charge is 0.438 e. The lowest BCUT2D eigenvalue weighted by molar-refractivity contribution is -0.386. The molecule has 0 radical (unpaired) electrons. The molecule has 27 heavy (non-hydrogen) atoms. The Kier molecular flexibility index (Phi) is 6.77. The fourth-order valence-electron chi connectivity index (χ4n) is 2.44. The molecule has 0 aromatic heterocycles. The predicted molar refractivity (Wildman–Crippen MR) is 96.2 cm³/mol. The first-order valence-corrected chi connectivity index (χ1v) is 8.13. The topological polar surface area (TPSA) is 114 Å². The van der Waals surface area contributed by atoms with Gasteiger partial charge < -0.3 is 18.9 Å². The molecule has 0 heterocycles. The number of nitro benzene ring substituents is 1. The zero-order valence-corrected chi connectivity index (χ0v) is 16.6. The molecule has 9 nitrogen and oxygen atoms in total. The molecular weight excluding hydrogens is 358 g/mol. The summed E-state index contributed by atoms with van der Waals surface area (Å²) in [6, 6.07) is 2.78. The summed E-state index contributed by atoms with van der Waals surface area (Å²) in [6.07, 6.45) is -1.88. The normalized spacial score (nSPS) is 11.5. The van der Waals surface area contributed by atoms with Crippen LogP contribution in [0.4, 0.5) is 15.3 Å². The van der Waals surface area contributed by atoms with E-state index in [1.807, 2.05) is 20.8 Å². The van der Waals surface area contributed by atoms with Crippen LogP contribution in [0, 0.1) is 10.1 Å². The number of carbonyl (C=O) groups is 2. The lowest BCUT2D eigenvalue weighted by Crippen LogP contribution is -2.28. The van der Waals surface area contributed by atoms with E-state index >= 15 is 0 Å². The van der Waals surface area contributed by atoms with Crippen LogP contribution in [0.1, 0.15) is 45.7 Å². The Morgan fingerprint density at radius 3 is 2.00 bits per heavy atom. The molecule has 0 N–H and O–H groups in total. The van der Waals surface area contributed by atoms with Gasteiger partial charge in [0.05, 0.1) is 25.2 Å². The second kappa shape index (κ2) is 8.24. The van der Waals surface area contributed by atoms with Gasteiger partial charge in [0.2, 0.25) is 0 Å². The van der Waals surface area contributed by atoms with Gasteiger partial charge >= 0.3 is 12.3 Å². The third kappa shape index (κ3) is 5.57. The van der Waals surface area contributed by atoms with Crippen LogP contribution in [0.25, 0.3) is 0 Å². The summed E-state index contributed by atoms with van der Waals surface area (Å²) in [5.41, 5.74) is -0.680. The van der Waals surface area contributed by atoms with Crippen molar-refractivity contribution in [3.63, 3.8) is 0 Å². The Hall–Kier alpha value is -2.84. The lowest BCUT2D eigenvalue weighted by Gasteiger charge is -2.29. The minimum atomic E-state index is -1.02. The van der Waals surface area contributed by atoms with Crippen molar-refractivity contribution in [2.45, 2.75) is 45.4 Å². The monoisotopic (exact) mass is 383 g/mol. The maximum atomic E-state index is 11.6. The van der Waals surface area contributed by atoms with Crippen molar-refractivity contribution >= 4 is 18.0 Å². The molecule has 0 bridgehead atoms. The summed E-state index contributed by atoms with van der Waals surface area (Å²) in [6.45, 7) is 8.88. The van der Waals surface area contributed by atoms with E-state index in [-0.39, 0.29) is 18.0 Å². The minimum absolute atomic E-state index is 0.0417. The number of carbonyl (C=O) groups excluding carboxylic acids is 2. The number of nitro groups is 1.